The van der Waals surface area contributed by atoms with Gasteiger partial charge in [0.05, 0.1) is 12.8 Å². The third-order valence-corrected chi connectivity index (χ3v) is 10.4. The van der Waals surface area contributed by atoms with Crippen molar-refractivity contribution in [3.05, 3.63) is 17.3 Å². The van der Waals surface area contributed by atoms with Crippen molar-refractivity contribution in [2.45, 2.75) is 208 Å². The van der Waals surface area contributed by atoms with Crippen LogP contribution in [0.1, 0.15) is 206 Å². The van der Waals surface area contributed by atoms with E-state index in [1.54, 1.807) is 27.7 Å². The molecule has 0 radical (unpaired) electrons. The van der Waals surface area contributed by atoms with E-state index in [-0.39, 0.29) is 30.5 Å². The number of amides is 1. The Kier molecular flexibility index (Phi) is 20.0. The predicted octanol–water partition coefficient (Wildman–Crippen LogP) is 9.50. The van der Waals surface area contributed by atoms with Crippen LogP contribution in [-0.4, -0.2) is 57.4 Å². The van der Waals surface area contributed by atoms with Crippen molar-refractivity contribution >= 4 is 35.2 Å². The number of oxazole rings is 1. The molecule has 0 unspecified atom stereocenters. The summed E-state index contributed by atoms with van der Waals surface area (Å²) in [6.45, 7) is 16.7. The summed E-state index contributed by atoms with van der Waals surface area (Å²) in [6.07, 6.45) is 18.7. The van der Waals surface area contributed by atoms with Gasteiger partial charge in [-0.25, -0.2) is 4.98 Å². The summed E-state index contributed by atoms with van der Waals surface area (Å²) in [5.74, 6) is -0.246. The van der Waals surface area contributed by atoms with E-state index in [2.05, 4.69) is 10.3 Å². The number of hydrogen-bond donors (Lipinski definition) is 1. The molecule has 55 heavy (non-hydrogen) atoms. The summed E-state index contributed by atoms with van der Waals surface area (Å²) in [7, 11) is 0. The smallest absolute Gasteiger partial charge is 0.307 e. The third-order valence-electron chi connectivity index (χ3n) is 10.4. The van der Waals surface area contributed by atoms with Crippen LogP contribution in [0.2, 0.25) is 0 Å². The minimum absolute atomic E-state index is 0.0453. The molecule has 312 valence electrons. The Hall–Kier alpha value is -3.37. The molecule has 2 fully saturated rings. The molecule has 1 N–H and O–H groups in total. The van der Waals surface area contributed by atoms with E-state index in [1.807, 2.05) is 20.8 Å². The van der Waals surface area contributed by atoms with Gasteiger partial charge < -0.3 is 19.2 Å². The van der Waals surface area contributed by atoms with Gasteiger partial charge in [-0.1, -0.05) is 89.9 Å². The number of hydrogen-bond acceptors (Lipinski definition) is 10. The van der Waals surface area contributed by atoms with Gasteiger partial charge in [0, 0.05) is 18.8 Å². The van der Waals surface area contributed by atoms with Gasteiger partial charge in [0.25, 0.3) is 0 Å². The first-order chi connectivity index (χ1) is 25.6. The van der Waals surface area contributed by atoms with Gasteiger partial charge in [-0.3, -0.25) is 28.8 Å². The van der Waals surface area contributed by atoms with Crippen LogP contribution in [0.3, 0.4) is 0 Å². The Morgan fingerprint density at radius 3 is 1.58 bits per heavy atom. The van der Waals surface area contributed by atoms with Crippen LogP contribution >= 0.6 is 0 Å². The lowest BCUT2D eigenvalue weighted by molar-refractivity contribution is -0.157. The maximum atomic E-state index is 12.7. The third kappa shape index (κ3) is 19.4. The highest BCUT2D eigenvalue weighted by molar-refractivity contribution is 6.07. The number of aryl methyl sites for hydroxylation is 1. The van der Waals surface area contributed by atoms with Crippen molar-refractivity contribution < 1.29 is 42.7 Å². The average Bonchev–Trinajstić information content (AvgIpc) is 3.47. The maximum absolute atomic E-state index is 12.7. The molecule has 11 nitrogen and oxygen atoms in total. The molecule has 2 atom stereocenters. The van der Waals surface area contributed by atoms with Crippen LogP contribution in [0.5, 0.6) is 0 Å². The van der Waals surface area contributed by atoms with E-state index >= 15 is 0 Å². The van der Waals surface area contributed by atoms with Crippen molar-refractivity contribution in [3.8, 4) is 0 Å². The van der Waals surface area contributed by atoms with Gasteiger partial charge in [-0.2, -0.15) is 0 Å². The Bertz CT molecular complexity index is 1390. The van der Waals surface area contributed by atoms with Crippen molar-refractivity contribution in [1.29, 1.82) is 0 Å². The number of nitrogens with one attached hydrogen (secondary N) is 1. The van der Waals surface area contributed by atoms with Crippen LogP contribution in [0.25, 0.3) is 0 Å². The Morgan fingerprint density at radius 1 is 0.709 bits per heavy atom. The topological polar surface area (TPSA) is 159 Å². The second-order valence-electron chi connectivity index (χ2n) is 18.0. The van der Waals surface area contributed by atoms with E-state index in [1.165, 1.54) is 91.4 Å². The lowest BCUT2D eigenvalue weighted by Crippen LogP contribution is -2.47. The molecule has 0 bridgehead atoms. The summed E-state index contributed by atoms with van der Waals surface area (Å²) in [4.78, 5) is 76.8. The number of carbonyl (C=O) groups excluding carboxylic acids is 6. The predicted molar refractivity (Wildman–Crippen MR) is 213 cm³/mol. The molecule has 2 saturated carbocycles. The molecule has 2 aliphatic carbocycles. The fraction of sp³-hybridized carbons (Fsp3) is 0.795. The molecule has 0 saturated heterocycles. The number of aromatic nitrogens is 1. The highest BCUT2D eigenvalue weighted by Gasteiger charge is 2.30. The number of esters is 2. The molecule has 1 amide bonds. The van der Waals surface area contributed by atoms with Crippen molar-refractivity contribution in [2.24, 2.45) is 17.8 Å². The zero-order valence-corrected chi connectivity index (χ0v) is 35.7. The number of ether oxygens (including phenoxy) is 2. The summed E-state index contributed by atoms with van der Waals surface area (Å²) in [5, 5.41) is 2.53. The summed E-state index contributed by atoms with van der Waals surface area (Å²) >= 11 is 0. The van der Waals surface area contributed by atoms with Crippen LogP contribution in [0.4, 0.5) is 0 Å². The monoisotopic (exact) mass is 773 g/mol. The summed E-state index contributed by atoms with van der Waals surface area (Å²) in [5.41, 5.74) is -0.770. The molecule has 0 aromatic carbocycles. The van der Waals surface area contributed by atoms with Crippen LogP contribution in [-0.2, 0) is 33.4 Å². The van der Waals surface area contributed by atoms with E-state index in [0.717, 1.165) is 31.6 Å². The molecule has 0 spiro atoms. The Labute approximate surface area is 330 Å². The molecular formula is C44H72N2O9. The first-order valence-electron chi connectivity index (χ1n) is 20.9. The fourth-order valence-electron chi connectivity index (χ4n) is 7.73. The first-order valence-corrected chi connectivity index (χ1v) is 20.9. The van der Waals surface area contributed by atoms with Gasteiger partial charge >= 0.3 is 11.9 Å². The van der Waals surface area contributed by atoms with E-state index in [9.17, 15) is 28.8 Å². The van der Waals surface area contributed by atoms with Crippen LogP contribution < -0.4 is 5.32 Å². The zero-order chi connectivity index (χ0) is 41.3. The van der Waals surface area contributed by atoms with Crippen molar-refractivity contribution in [2.75, 3.05) is 0 Å². The second-order valence-corrected chi connectivity index (χ2v) is 18.0. The largest absolute Gasteiger partial charge is 0.460 e. The molecule has 3 rings (SSSR count). The molecule has 1 aromatic heterocycles. The second kappa shape index (κ2) is 23.0. The van der Waals surface area contributed by atoms with Crippen molar-refractivity contribution in [3.63, 3.8) is 0 Å². The van der Waals surface area contributed by atoms with Crippen molar-refractivity contribution in [1.82, 2.24) is 10.3 Å². The molecule has 11 heteroatoms. The summed E-state index contributed by atoms with van der Waals surface area (Å²) < 4.78 is 16.6. The lowest BCUT2D eigenvalue weighted by atomic mass is 9.84. The molecule has 1 aromatic rings. The van der Waals surface area contributed by atoms with E-state index in [4.69, 9.17) is 13.9 Å². The molecule has 0 aliphatic heterocycles. The number of ketones is 3. The summed E-state index contributed by atoms with van der Waals surface area (Å²) in [6, 6.07) is -1.15. The number of nitrogens with zero attached hydrogens (tertiary/aromatic N) is 1. The maximum Gasteiger partial charge on any atom is 0.307 e. The average molecular weight is 773 g/mol. The van der Waals surface area contributed by atoms with Gasteiger partial charge in [0.2, 0.25) is 5.91 Å². The van der Waals surface area contributed by atoms with Crippen LogP contribution in [0.15, 0.2) is 4.42 Å². The number of Topliss-reactive ketones (excluding diaryl/α,β-unsaturated/α-hetero) is 3. The highest BCUT2D eigenvalue weighted by atomic mass is 16.6. The zero-order valence-electron chi connectivity index (χ0n) is 35.7. The Morgan fingerprint density at radius 2 is 1.16 bits per heavy atom. The quantitative estimate of drug-likeness (QED) is 0.0865. The van der Waals surface area contributed by atoms with Gasteiger partial charge in [0.15, 0.2) is 23.2 Å². The molecule has 1 heterocycles. The SMILES string of the molecule is CC(=O)C(NC(=O)[C@H](CCCC1CCCCC1)CC(=O)OC(C)(C)C)C(C)=O.CC(=O)c1nc([C@H](CCCC2CCCCC2)CC(=O)OC(C)(C)C)oc1C. The van der Waals surface area contributed by atoms with E-state index in [0.29, 0.717) is 29.7 Å². The Balaban J connectivity index is 0.000000380. The minimum Gasteiger partial charge on any atom is -0.460 e. The highest BCUT2D eigenvalue weighted by Crippen LogP contribution is 2.33. The number of rotatable bonds is 18. The molecular weight excluding hydrogens is 700 g/mol. The van der Waals surface area contributed by atoms with Gasteiger partial charge in [0.1, 0.15) is 28.7 Å². The lowest BCUT2D eigenvalue weighted by Gasteiger charge is -2.24. The molecule has 2 aliphatic rings. The van der Waals surface area contributed by atoms with Gasteiger partial charge in [-0.15, -0.1) is 0 Å². The fourth-order valence-corrected chi connectivity index (χ4v) is 7.73. The minimum atomic E-state index is -1.15. The number of carbonyl (C=O) groups is 6. The normalized spacial score (nSPS) is 16.7. The standard InChI is InChI=1S/C22H37NO5.C22H35NO4/c1-15(24)20(16(2)25)23-21(27)18(14-19(26)28-22(3,4)5)13-9-12-17-10-7-6-8-11-17;1-15(24)20-16(2)26-21(23-20)18(14-19(25)27-22(3,4)5)13-9-12-17-10-7-6-8-11-17/h17-18,20H,6-14H2,1-5H3,(H,23,27);17-18H,6-14H2,1-5H3/t2*18-/m11/s1. The van der Waals surface area contributed by atoms with Crippen LogP contribution in [0, 0.1) is 24.7 Å². The van der Waals surface area contributed by atoms with E-state index < -0.39 is 46.6 Å². The first kappa shape index (κ1) is 47.8. The van der Waals surface area contributed by atoms with Gasteiger partial charge in [-0.05, 0) is 87.0 Å².